The number of thiazole rings is 2. The molecule has 0 saturated carbocycles. The maximum atomic E-state index is 11.6. The van der Waals surface area contributed by atoms with Gasteiger partial charge in [0, 0.05) is 24.5 Å². The van der Waals surface area contributed by atoms with Crippen molar-refractivity contribution in [2.24, 2.45) is 0 Å². The van der Waals surface area contributed by atoms with E-state index >= 15 is 0 Å². The number of nitrogens with one attached hydrogen (secondary N) is 1. The number of nitrogens with zero attached hydrogens (tertiary/aromatic N) is 3. The lowest BCUT2D eigenvalue weighted by atomic mass is 9.95. The first kappa shape index (κ1) is 18.6. The molecule has 0 unspecified atom stereocenters. The Morgan fingerprint density at radius 1 is 1.04 bits per heavy atom. The lowest BCUT2D eigenvalue weighted by molar-refractivity contribution is 0.187. The number of rotatable bonds is 3. The highest BCUT2D eigenvalue weighted by Gasteiger charge is 2.22. The van der Waals surface area contributed by atoms with Crippen LogP contribution in [-0.2, 0) is 4.74 Å². The van der Waals surface area contributed by atoms with Crippen LogP contribution in [0.15, 0.2) is 0 Å². The quantitative estimate of drug-likeness (QED) is 0.689. The molecule has 0 saturated heterocycles. The van der Waals surface area contributed by atoms with Crippen molar-refractivity contribution in [3.63, 3.8) is 0 Å². The highest BCUT2D eigenvalue weighted by Crippen LogP contribution is 2.43. The van der Waals surface area contributed by atoms with Crippen LogP contribution in [0, 0.1) is 27.7 Å². The Labute approximate surface area is 160 Å². The highest BCUT2D eigenvalue weighted by atomic mass is 32.1. The number of fused-ring (bicyclic) bond motifs is 1. The summed E-state index contributed by atoms with van der Waals surface area (Å²) in [5, 5.41) is 4.19. The van der Waals surface area contributed by atoms with E-state index in [9.17, 15) is 4.79 Å². The molecular formula is C18H22N4O2S2. The molecule has 138 valence electrons. The van der Waals surface area contributed by atoms with Crippen molar-refractivity contribution in [2.75, 3.05) is 31.4 Å². The first-order valence-electron chi connectivity index (χ1n) is 8.15. The average molecular weight is 391 g/mol. The fourth-order valence-corrected chi connectivity index (χ4v) is 4.79. The van der Waals surface area contributed by atoms with E-state index in [0.29, 0.717) is 5.13 Å². The summed E-state index contributed by atoms with van der Waals surface area (Å²) in [4.78, 5) is 24.3. The Balaban J connectivity index is 2.29. The van der Waals surface area contributed by atoms with Crippen LogP contribution in [0.3, 0.4) is 0 Å². The zero-order chi connectivity index (χ0) is 19.2. The second-order valence-corrected chi connectivity index (χ2v) is 8.54. The lowest BCUT2D eigenvalue weighted by Gasteiger charge is -2.12. The third kappa shape index (κ3) is 3.03. The van der Waals surface area contributed by atoms with Crippen LogP contribution < -0.4 is 10.2 Å². The number of carbonyl (C=O) groups excluding carboxylic acids is 1. The molecule has 0 bridgehead atoms. The van der Waals surface area contributed by atoms with Crippen LogP contribution >= 0.6 is 22.7 Å². The van der Waals surface area contributed by atoms with Crippen LogP contribution in [0.5, 0.6) is 0 Å². The summed E-state index contributed by atoms with van der Waals surface area (Å²) in [6.07, 6.45) is -0.517. The summed E-state index contributed by atoms with van der Waals surface area (Å²) in [7, 11) is 5.33. The van der Waals surface area contributed by atoms with Gasteiger partial charge in [0.1, 0.15) is 0 Å². The highest BCUT2D eigenvalue weighted by molar-refractivity contribution is 7.23. The number of carbonyl (C=O) groups is 1. The molecule has 1 N–H and O–H groups in total. The van der Waals surface area contributed by atoms with Gasteiger partial charge in [-0.15, -0.1) is 11.3 Å². The van der Waals surface area contributed by atoms with E-state index in [0.717, 1.165) is 37.0 Å². The first-order chi connectivity index (χ1) is 12.2. The number of amides is 1. The number of anilines is 2. The summed E-state index contributed by atoms with van der Waals surface area (Å²) >= 11 is 3.13. The van der Waals surface area contributed by atoms with Crippen molar-refractivity contribution in [3.05, 3.63) is 21.6 Å². The minimum atomic E-state index is -0.517. The molecule has 0 aliphatic carbocycles. The van der Waals surface area contributed by atoms with E-state index in [-0.39, 0.29) is 0 Å². The van der Waals surface area contributed by atoms with Crippen molar-refractivity contribution >= 4 is 49.2 Å². The Hall–Kier alpha value is -2.19. The van der Waals surface area contributed by atoms with Crippen molar-refractivity contribution < 1.29 is 9.53 Å². The second-order valence-electron chi connectivity index (χ2n) is 6.36. The Morgan fingerprint density at radius 2 is 1.73 bits per heavy atom. The maximum absolute atomic E-state index is 11.6. The summed E-state index contributed by atoms with van der Waals surface area (Å²) in [5.74, 6) is 0. The summed E-state index contributed by atoms with van der Waals surface area (Å²) in [6.45, 7) is 8.39. The fourth-order valence-electron chi connectivity index (χ4n) is 2.84. The van der Waals surface area contributed by atoms with Crippen molar-refractivity contribution in [2.45, 2.75) is 27.7 Å². The Bertz CT molecular complexity index is 1000. The van der Waals surface area contributed by atoms with E-state index in [1.807, 2.05) is 19.0 Å². The van der Waals surface area contributed by atoms with E-state index in [1.54, 1.807) is 11.3 Å². The number of methoxy groups -OCH3 is 1. The molecule has 0 aliphatic heterocycles. The normalized spacial score (nSPS) is 11.0. The smallest absolute Gasteiger partial charge is 0.413 e. The minimum absolute atomic E-state index is 0.517. The van der Waals surface area contributed by atoms with Gasteiger partial charge < -0.3 is 9.64 Å². The molecule has 0 aliphatic rings. The molecule has 1 aromatic carbocycles. The van der Waals surface area contributed by atoms with Gasteiger partial charge in [0.25, 0.3) is 0 Å². The van der Waals surface area contributed by atoms with Crippen LogP contribution in [0.25, 0.3) is 21.5 Å². The van der Waals surface area contributed by atoms with E-state index < -0.39 is 6.09 Å². The standard InChI is InChI=1S/C18H22N4O2S2/c1-8-9(2)12(14-11(4)25-17(20-14)22(5)6)15-13(10(8)3)19-16(26-15)21-18(23)24-7/h1-7H3,(H,19,21,23). The van der Waals surface area contributed by atoms with E-state index in [1.165, 1.54) is 29.6 Å². The van der Waals surface area contributed by atoms with Gasteiger partial charge >= 0.3 is 6.09 Å². The molecule has 0 fully saturated rings. The average Bonchev–Trinajstić information content (AvgIpc) is 3.17. The van der Waals surface area contributed by atoms with Gasteiger partial charge in [-0.3, -0.25) is 5.32 Å². The Morgan fingerprint density at radius 3 is 2.31 bits per heavy atom. The van der Waals surface area contributed by atoms with Crippen LogP contribution in [-0.4, -0.2) is 37.3 Å². The number of ether oxygens (including phenoxy) is 1. The molecule has 2 aromatic heterocycles. The SMILES string of the molecule is COC(=O)Nc1nc2c(C)c(C)c(C)c(-c3nc(N(C)C)sc3C)c2s1. The molecule has 0 spiro atoms. The van der Waals surface area contributed by atoms with Gasteiger partial charge in [-0.2, -0.15) is 0 Å². The maximum Gasteiger partial charge on any atom is 0.413 e. The molecule has 3 aromatic rings. The van der Waals surface area contributed by atoms with Gasteiger partial charge in [0.15, 0.2) is 10.3 Å². The van der Waals surface area contributed by atoms with Crippen molar-refractivity contribution in [1.82, 2.24) is 9.97 Å². The summed E-state index contributed by atoms with van der Waals surface area (Å²) in [5.41, 5.74) is 6.50. The monoisotopic (exact) mass is 390 g/mol. The van der Waals surface area contributed by atoms with Crippen LogP contribution in [0.2, 0.25) is 0 Å². The fraction of sp³-hybridized carbons (Fsp3) is 0.389. The van der Waals surface area contributed by atoms with Gasteiger partial charge in [-0.05, 0) is 44.4 Å². The topological polar surface area (TPSA) is 67.3 Å². The third-order valence-corrected chi connectivity index (χ3v) is 6.64. The van der Waals surface area contributed by atoms with E-state index in [4.69, 9.17) is 9.72 Å². The predicted molar refractivity (Wildman–Crippen MR) is 110 cm³/mol. The lowest BCUT2D eigenvalue weighted by Crippen LogP contribution is -2.10. The van der Waals surface area contributed by atoms with Crippen molar-refractivity contribution in [1.29, 1.82) is 0 Å². The molecule has 3 rings (SSSR count). The summed E-state index contributed by atoms with van der Waals surface area (Å²) < 4.78 is 5.73. The zero-order valence-electron chi connectivity index (χ0n) is 16.0. The summed E-state index contributed by atoms with van der Waals surface area (Å²) in [6, 6.07) is 0. The molecule has 26 heavy (non-hydrogen) atoms. The van der Waals surface area contributed by atoms with E-state index in [2.05, 4.69) is 38.0 Å². The van der Waals surface area contributed by atoms with Gasteiger partial charge in [0.2, 0.25) is 0 Å². The van der Waals surface area contributed by atoms with Crippen molar-refractivity contribution in [3.8, 4) is 11.3 Å². The zero-order valence-corrected chi connectivity index (χ0v) is 17.6. The van der Waals surface area contributed by atoms with Crippen LogP contribution in [0.1, 0.15) is 21.6 Å². The number of hydrogen-bond donors (Lipinski definition) is 1. The molecule has 0 atom stereocenters. The molecule has 6 nitrogen and oxygen atoms in total. The van der Waals surface area contributed by atoms with Gasteiger partial charge in [0.05, 0.1) is 23.0 Å². The second kappa shape index (κ2) is 6.85. The Kier molecular flexibility index (Phi) is 4.90. The molecule has 2 heterocycles. The molecule has 8 heteroatoms. The number of benzene rings is 1. The van der Waals surface area contributed by atoms with Gasteiger partial charge in [-0.1, -0.05) is 11.3 Å². The minimum Gasteiger partial charge on any atom is -0.453 e. The largest absolute Gasteiger partial charge is 0.453 e. The first-order valence-corrected chi connectivity index (χ1v) is 9.78. The molecule has 0 radical (unpaired) electrons. The number of aryl methyl sites for hydroxylation is 2. The molecular weight excluding hydrogens is 368 g/mol. The number of hydrogen-bond acceptors (Lipinski definition) is 7. The van der Waals surface area contributed by atoms with Crippen LogP contribution in [0.4, 0.5) is 15.1 Å². The third-order valence-electron chi connectivity index (χ3n) is 4.51. The number of aromatic nitrogens is 2. The van der Waals surface area contributed by atoms with Gasteiger partial charge in [-0.25, -0.2) is 14.8 Å². The molecule has 1 amide bonds. The predicted octanol–water partition coefficient (Wildman–Crippen LogP) is 4.90.